The van der Waals surface area contributed by atoms with Crippen LogP contribution < -0.4 is 10.7 Å². The molecule has 27 heavy (non-hydrogen) atoms. The highest BCUT2D eigenvalue weighted by molar-refractivity contribution is 9.10. The molecule has 2 aromatic carbocycles. The van der Waals surface area contributed by atoms with Gasteiger partial charge in [0.05, 0.1) is 11.6 Å². The van der Waals surface area contributed by atoms with Gasteiger partial charge >= 0.3 is 0 Å². The van der Waals surface area contributed by atoms with Gasteiger partial charge in [0.25, 0.3) is 5.91 Å². The first-order chi connectivity index (χ1) is 12.8. The first-order valence-electron chi connectivity index (χ1n) is 8.78. The van der Waals surface area contributed by atoms with E-state index in [1.165, 1.54) is 0 Å². The van der Waals surface area contributed by atoms with E-state index in [1.807, 2.05) is 29.7 Å². The lowest BCUT2D eigenvalue weighted by Crippen LogP contribution is -2.31. The van der Waals surface area contributed by atoms with Crippen LogP contribution in [0.1, 0.15) is 47.4 Å². The molecule has 0 radical (unpaired) electrons. The van der Waals surface area contributed by atoms with Crippen LogP contribution in [0.4, 0.5) is 0 Å². The topological polar surface area (TPSA) is 51.1 Å². The molecular weight excluding hydrogens is 428 g/mol. The summed E-state index contributed by atoms with van der Waals surface area (Å²) < 4.78 is 2.90. The number of pyridine rings is 1. The number of benzene rings is 2. The predicted octanol–water partition coefficient (Wildman–Crippen LogP) is 5.03. The van der Waals surface area contributed by atoms with E-state index in [2.05, 4.69) is 28.2 Å². The molecule has 1 aliphatic rings. The van der Waals surface area contributed by atoms with E-state index in [0.717, 1.165) is 27.5 Å². The van der Waals surface area contributed by atoms with Crippen molar-refractivity contribution >= 4 is 44.3 Å². The number of carbonyl (C=O) groups is 1. The largest absolute Gasteiger partial charge is 0.345 e. The molecular formula is C21H18BrClN2O2. The lowest BCUT2D eigenvalue weighted by Gasteiger charge is -2.16. The van der Waals surface area contributed by atoms with Crippen molar-refractivity contribution in [3.63, 3.8) is 0 Å². The Morgan fingerprint density at radius 1 is 1.30 bits per heavy atom. The second kappa shape index (κ2) is 6.80. The molecule has 1 aliphatic heterocycles. The van der Waals surface area contributed by atoms with Gasteiger partial charge in [-0.15, -0.1) is 0 Å². The van der Waals surface area contributed by atoms with Crippen LogP contribution in [0, 0.1) is 0 Å². The van der Waals surface area contributed by atoms with Gasteiger partial charge in [0.1, 0.15) is 5.56 Å². The van der Waals surface area contributed by atoms with Crippen molar-refractivity contribution < 1.29 is 4.79 Å². The summed E-state index contributed by atoms with van der Waals surface area (Å²) >= 11 is 9.40. The van der Waals surface area contributed by atoms with E-state index >= 15 is 0 Å². The Labute approximate surface area is 170 Å². The lowest BCUT2D eigenvalue weighted by molar-refractivity contribution is 0.0938. The Kier molecular flexibility index (Phi) is 4.60. The molecule has 1 N–H and O–H groups in total. The summed E-state index contributed by atoms with van der Waals surface area (Å²) in [4.78, 5) is 25.9. The van der Waals surface area contributed by atoms with Gasteiger partial charge in [-0.2, -0.15) is 0 Å². The molecule has 0 aliphatic carbocycles. The SMILES string of the molecule is C[C@H](NC(=O)c1cn2c3c(cc(Br)cc3c1=O)C[C@H]2C)c1ccc(Cl)cc1. The van der Waals surface area contributed by atoms with Crippen molar-refractivity contribution in [2.75, 3.05) is 0 Å². The monoisotopic (exact) mass is 444 g/mol. The summed E-state index contributed by atoms with van der Waals surface area (Å²) in [5.41, 5.74) is 2.92. The fourth-order valence-corrected chi connectivity index (χ4v) is 4.36. The highest BCUT2D eigenvalue weighted by Crippen LogP contribution is 2.33. The normalized spacial score (nSPS) is 16.5. The molecule has 0 fully saturated rings. The number of halogens is 2. The standard InChI is InChI=1S/C21H18BrClN2O2/c1-11-7-14-8-15(22)9-17-19(14)25(11)10-18(20(17)26)21(27)24-12(2)13-3-5-16(23)6-4-13/h3-6,8-12H,7H2,1-2H3,(H,24,27)/t11-,12+/m1/s1. The third-order valence-electron chi connectivity index (χ3n) is 5.12. The zero-order chi connectivity index (χ0) is 19.3. The maximum atomic E-state index is 13.0. The number of amides is 1. The van der Waals surface area contributed by atoms with Gasteiger partial charge < -0.3 is 9.88 Å². The maximum Gasteiger partial charge on any atom is 0.257 e. The van der Waals surface area contributed by atoms with Crippen molar-refractivity contribution in [3.8, 4) is 0 Å². The zero-order valence-corrected chi connectivity index (χ0v) is 17.3. The number of aromatic nitrogens is 1. The van der Waals surface area contributed by atoms with E-state index in [0.29, 0.717) is 10.4 Å². The van der Waals surface area contributed by atoms with Crippen LogP contribution in [0.5, 0.6) is 0 Å². The van der Waals surface area contributed by atoms with E-state index in [4.69, 9.17) is 11.6 Å². The van der Waals surface area contributed by atoms with E-state index < -0.39 is 0 Å². The highest BCUT2D eigenvalue weighted by Gasteiger charge is 2.25. The Hall–Kier alpha value is -2.11. The second-order valence-electron chi connectivity index (χ2n) is 7.04. The van der Waals surface area contributed by atoms with Gasteiger partial charge in [-0.05, 0) is 55.7 Å². The van der Waals surface area contributed by atoms with Crippen LogP contribution >= 0.6 is 27.5 Å². The number of hydrogen-bond donors (Lipinski definition) is 1. The van der Waals surface area contributed by atoms with Crippen LogP contribution in [0.2, 0.25) is 5.02 Å². The van der Waals surface area contributed by atoms with E-state index in [1.54, 1.807) is 24.4 Å². The van der Waals surface area contributed by atoms with Gasteiger partial charge in [-0.1, -0.05) is 39.7 Å². The van der Waals surface area contributed by atoms with Gasteiger partial charge in [0.2, 0.25) is 5.43 Å². The minimum Gasteiger partial charge on any atom is -0.345 e. The predicted molar refractivity (Wildman–Crippen MR) is 112 cm³/mol. The van der Waals surface area contributed by atoms with E-state index in [-0.39, 0.29) is 29.0 Å². The van der Waals surface area contributed by atoms with Crippen molar-refractivity contribution in [1.29, 1.82) is 0 Å². The van der Waals surface area contributed by atoms with Gasteiger partial charge in [0.15, 0.2) is 0 Å². The minimum absolute atomic E-state index is 0.168. The Balaban J connectivity index is 1.74. The van der Waals surface area contributed by atoms with Gasteiger partial charge in [-0.25, -0.2) is 0 Å². The summed E-state index contributed by atoms with van der Waals surface area (Å²) in [5.74, 6) is -0.367. The summed E-state index contributed by atoms with van der Waals surface area (Å²) in [7, 11) is 0. The van der Waals surface area contributed by atoms with Crippen LogP contribution in [0.15, 0.2) is 51.9 Å². The fourth-order valence-electron chi connectivity index (χ4n) is 3.73. The molecule has 1 amide bonds. The molecule has 2 atom stereocenters. The number of hydrogen-bond acceptors (Lipinski definition) is 2. The molecule has 4 nitrogen and oxygen atoms in total. The quantitative estimate of drug-likeness (QED) is 0.615. The summed E-state index contributed by atoms with van der Waals surface area (Å²) in [6.45, 7) is 3.98. The van der Waals surface area contributed by atoms with E-state index in [9.17, 15) is 9.59 Å². The molecule has 3 aromatic rings. The zero-order valence-electron chi connectivity index (χ0n) is 14.9. The number of nitrogens with one attached hydrogen (secondary N) is 1. The summed E-state index contributed by atoms with van der Waals surface area (Å²) in [5, 5.41) is 4.15. The first-order valence-corrected chi connectivity index (χ1v) is 9.96. The second-order valence-corrected chi connectivity index (χ2v) is 8.39. The van der Waals surface area contributed by atoms with Crippen molar-refractivity contribution in [1.82, 2.24) is 9.88 Å². The first kappa shape index (κ1) is 18.3. The van der Waals surface area contributed by atoms with Crippen LogP contribution in [-0.2, 0) is 6.42 Å². The Morgan fingerprint density at radius 3 is 2.70 bits per heavy atom. The molecule has 0 saturated carbocycles. The minimum atomic E-state index is -0.367. The van der Waals surface area contributed by atoms with Crippen molar-refractivity contribution in [2.45, 2.75) is 32.4 Å². The third kappa shape index (κ3) is 3.19. The molecule has 6 heteroatoms. The average molecular weight is 446 g/mol. The molecule has 0 spiro atoms. The Morgan fingerprint density at radius 2 is 2.00 bits per heavy atom. The number of nitrogens with zero attached hydrogens (tertiary/aromatic N) is 1. The average Bonchev–Trinajstić information content (AvgIpc) is 2.93. The molecule has 0 unspecified atom stereocenters. The molecule has 4 rings (SSSR count). The van der Waals surface area contributed by atoms with Crippen LogP contribution in [-0.4, -0.2) is 10.5 Å². The molecule has 0 bridgehead atoms. The molecule has 0 saturated heterocycles. The van der Waals surface area contributed by atoms with Gasteiger partial charge in [0, 0.05) is 27.1 Å². The summed E-state index contributed by atoms with van der Waals surface area (Å²) in [6, 6.07) is 11.1. The smallest absolute Gasteiger partial charge is 0.257 e. The molecule has 2 heterocycles. The number of rotatable bonds is 3. The maximum absolute atomic E-state index is 13.0. The highest BCUT2D eigenvalue weighted by atomic mass is 79.9. The Bertz CT molecular complexity index is 1120. The fraction of sp³-hybridized carbons (Fsp3) is 0.238. The number of carbonyl (C=O) groups excluding carboxylic acids is 1. The summed E-state index contributed by atoms with van der Waals surface area (Å²) in [6.07, 6.45) is 2.55. The third-order valence-corrected chi connectivity index (χ3v) is 5.83. The van der Waals surface area contributed by atoms with Gasteiger partial charge in [-0.3, -0.25) is 9.59 Å². The lowest BCUT2D eigenvalue weighted by atomic mass is 10.1. The van der Waals surface area contributed by atoms with Crippen LogP contribution in [0.3, 0.4) is 0 Å². The molecule has 1 aromatic heterocycles. The van der Waals surface area contributed by atoms with Crippen molar-refractivity contribution in [3.05, 3.63) is 79.0 Å². The van der Waals surface area contributed by atoms with Crippen LogP contribution in [0.25, 0.3) is 10.9 Å². The van der Waals surface area contributed by atoms with Crippen molar-refractivity contribution in [2.24, 2.45) is 0 Å². The molecule has 138 valence electrons.